The second-order valence-electron chi connectivity index (χ2n) is 7.07. The molecule has 1 aliphatic rings. The highest BCUT2D eigenvalue weighted by atomic mass is 32.2. The van der Waals surface area contributed by atoms with Gasteiger partial charge in [-0.1, -0.05) is 18.2 Å². The first kappa shape index (κ1) is 19.7. The molecule has 0 aliphatic carbocycles. The number of hydrogen-bond acceptors (Lipinski definition) is 7. The quantitative estimate of drug-likeness (QED) is 0.653. The lowest BCUT2D eigenvalue weighted by Gasteiger charge is -2.17. The summed E-state index contributed by atoms with van der Waals surface area (Å²) in [5.74, 6) is -0.313. The van der Waals surface area contributed by atoms with Crippen LogP contribution in [0.1, 0.15) is 27.3 Å². The molecule has 8 nitrogen and oxygen atoms in total. The monoisotopic (exact) mass is 431 g/mol. The summed E-state index contributed by atoms with van der Waals surface area (Å²) in [5, 5.41) is 11.9. The van der Waals surface area contributed by atoms with Crippen molar-refractivity contribution in [2.75, 3.05) is 18.8 Å². The van der Waals surface area contributed by atoms with Gasteiger partial charge in [0.25, 0.3) is 5.91 Å². The molecule has 1 aliphatic heterocycles. The third-order valence-electron chi connectivity index (χ3n) is 5.21. The highest BCUT2D eigenvalue weighted by Crippen LogP contribution is 2.35. The Morgan fingerprint density at radius 1 is 1.24 bits per heavy atom. The third kappa shape index (κ3) is 3.47. The first-order valence-electron chi connectivity index (χ1n) is 9.17. The summed E-state index contributed by atoms with van der Waals surface area (Å²) < 4.78 is 26.9. The van der Waals surface area contributed by atoms with Crippen LogP contribution in [0.2, 0.25) is 0 Å². The summed E-state index contributed by atoms with van der Waals surface area (Å²) in [5.41, 5.74) is 8.30. The second kappa shape index (κ2) is 7.36. The maximum absolute atomic E-state index is 12.8. The molecule has 0 radical (unpaired) electrons. The summed E-state index contributed by atoms with van der Waals surface area (Å²) >= 11 is 1.20. The standard InChI is InChI=1S/C19H21N5O3S2/c1-11-12(2)22-23-19-15(11)16(20)17(28-19)18(25)21-13-8-9-24(10-13)29(26,27)14-6-4-3-5-7-14/h3-7,13H,8-10,20H2,1-2H3,(H,21,25). The molecule has 0 bridgehead atoms. The summed E-state index contributed by atoms with van der Waals surface area (Å²) in [6.45, 7) is 4.33. The summed E-state index contributed by atoms with van der Waals surface area (Å²) in [6, 6.07) is 8.03. The molecule has 0 saturated carbocycles. The maximum Gasteiger partial charge on any atom is 0.263 e. The Balaban J connectivity index is 1.51. The van der Waals surface area contributed by atoms with Crippen LogP contribution in [-0.4, -0.2) is 48.0 Å². The van der Waals surface area contributed by atoms with Gasteiger partial charge in [-0.25, -0.2) is 8.42 Å². The first-order valence-corrected chi connectivity index (χ1v) is 11.4. The molecule has 1 aromatic carbocycles. The first-order chi connectivity index (χ1) is 13.8. The summed E-state index contributed by atoms with van der Waals surface area (Å²) in [7, 11) is -3.57. The van der Waals surface area contributed by atoms with E-state index in [1.165, 1.54) is 15.6 Å². The van der Waals surface area contributed by atoms with E-state index in [4.69, 9.17) is 5.73 Å². The predicted octanol–water partition coefficient (Wildman–Crippen LogP) is 2.08. The van der Waals surface area contributed by atoms with Gasteiger partial charge in [0.05, 0.1) is 16.3 Å². The largest absolute Gasteiger partial charge is 0.397 e. The smallest absolute Gasteiger partial charge is 0.263 e. The lowest BCUT2D eigenvalue weighted by atomic mass is 10.1. The molecule has 2 aromatic heterocycles. The van der Waals surface area contributed by atoms with Crippen LogP contribution in [0.25, 0.3) is 10.2 Å². The van der Waals surface area contributed by atoms with E-state index in [9.17, 15) is 13.2 Å². The van der Waals surface area contributed by atoms with Gasteiger partial charge in [-0.3, -0.25) is 4.79 Å². The molecule has 1 saturated heterocycles. The number of benzene rings is 1. The fourth-order valence-corrected chi connectivity index (χ4v) is 5.99. The fourth-order valence-electron chi connectivity index (χ4n) is 3.47. The number of thiophene rings is 1. The molecule has 0 spiro atoms. The Morgan fingerprint density at radius 2 is 1.97 bits per heavy atom. The molecule has 29 heavy (non-hydrogen) atoms. The number of sulfonamides is 1. The van der Waals surface area contributed by atoms with Crippen molar-refractivity contribution >= 4 is 43.2 Å². The van der Waals surface area contributed by atoms with Gasteiger partial charge < -0.3 is 11.1 Å². The Morgan fingerprint density at radius 3 is 2.69 bits per heavy atom. The number of nitrogens with one attached hydrogen (secondary N) is 1. The number of aromatic nitrogens is 2. The van der Waals surface area contributed by atoms with Crippen LogP contribution in [0.4, 0.5) is 5.69 Å². The van der Waals surface area contributed by atoms with Crippen LogP contribution in [0, 0.1) is 13.8 Å². The molecule has 3 heterocycles. The van der Waals surface area contributed by atoms with Gasteiger partial charge in [0.15, 0.2) is 0 Å². The van der Waals surface area contributed by atoms with Gasteiger partial charge in [0, 0.05) is 24.5 Å². The van der Waals surface area contributed by atoms with Crippen molar-refractivity contribution in [3.05, 3.63) is 46.5 Å². The molecule has 3 aromatic rings. The zero-order valence-electron chi connectivity index (χ0n) is 16.0. The Kier molecular flexibility index (Phi) is 5.01. The zero-order valence-corrected chi connectivity index (χ0v) is 17.7. The van der Waals surface area contributed by atoms with Gasteiger partial charge in [-0.05, 0) is 38.0 Å². The molecular weight excluding hydrogens is 410 g/mol. The molecule has 1 unspecified atom stereocenters. The van der Waals surface area contributed by atoms with Crippen LogP contribution in [0.15, 0.2) is 35.2 Å². The van der Waals surface area contributed by atoms with Crippen molar-refractivity contribution in [2.45, 2.75) is 31.2 Å². The number of rotatable bonds is 4. The van der Waals surface area contributed by atoms with Crippen molar-refractivity contribution in [3.8, 4) is 0 Å². The minimum atomic E-state index is -3.57. The van der Waals surface area contributed by atoms with E-state index >= 15 is 0 Å². The molecule has 4 rings (SSSR count). The maximum atomic E-state index is 12.8. The third-order valence-corrected chi connectivity index (χ3v) is 8.18. The van der Waals surface area contributed by atoms with Crippen LogP contribution in [0.5, 0.6) is 0 Å². The molecule has 1 fully saturated rings. The van der Waals surface area contributed by atoms with Gasteiger partial charge in [0.1, 0.15) is 9.71 Å². The number of nitrogen functional groups attached to an aromatic ring is 1. The molecular formula is C19H21N5O3S2. The van der Waals surface area contributed by atoms with E-state index in [1.54, 1.807) is 30.3 Å². The average Bonchev–Trinajstić information content (AvgIpc) is 3.31. The highest BCUT2D eigenvalue weighted by Gasteiger charge is 2.34. The number of nitrogens with zero attached hydrogens (tertiary/aromatic N) is 3. The van der Waals surface area contributed by atoms with Crippen molar-refractivity contribution < 1.29 is 13.2 Å². The molecule has 1 atom stereocenters. The minimum absolute atomic E-state index is 0.228. The Labute approximate surface area is 172 Å². The van der Waals surface area contributed by atoms with E-state index in [0.29, 0.717) is 28.4 Å². The Hall–Kier alpha value is -2.56. The van der Waals surface area contributed by atoms with Crippen LogP contribution in [0.3, 0.4) is 0 Å². The van der Waals surface area contributed by atoms with E-state index in [-0.39, 0.29) is 23.4 Å². The van der Waals surface area contributed by atoms with Gasteiger partial charge in [-0.2, -0.15) is 9.40 Å². The minimum Gasteiger partial charge on any atom is -0.397 e. The SMILES string of the molecule is Cc1nnc2sc(C(=O)NC3CCN(S(=O)(=O)c4ccccc4)C3)c(N)c2c1C. The van der Waals surface area contributed by atoms with Crippen LogP contribution in [-0.2, 0) is 10.0 Å². The van der Waals surface area contributed by atoms with Crippen molar-refractivity contribution in [1.29, 1.82) is 0 Å². The van der Waals surface area contributed by atoms with Crippen LogP contribution < -0.4 is 11.1 Å². The normalized spacial score (nSPS) is 17.7. The Bertz CT molecular complexity index is 1190. The number of aryl methyl sites for hydroxylation is 2. The van der Waals surface area contributed by atoms with Crippen LogP contribution >= 0.6 is 11.3 Å². The number of carbonyl (C=O) groups excluding carboxylic acids is 1. The van der Waals surface area contributed by atoms with Gasteiger partial charge in [0.2, 0.25) is 10.0 Å². The summed E-state index contributed by atoms with van der Waals surface area (Å²) in [4.78, 5) is 14.1. The number of carbonyl (C=O) groups is 1. The average molecular weight is 432 g/mol. The van der Waals surface area contributed by atoms with E-state index in [0.717, 1.165) is 16.6 Å². The topological polar surface area (TPSA) is 118 Å². The lowest BCUT2D eigenvalue weighted by Crippen LogP contribution is -2.38. The van der Waals surface area contributed by atoms with Crippen molar-refractivity contribution in [3.63, 3.8) is 0 Å². The number of amides is 1. The second-order valence-corrected chi connectivity index (χ2v) is 10.0. The van der Waals surface area contributed by atoms with E-state index in [1.807, 2.05) is 13.8 Å². The number of hydrogen-bond donors (Lipinski definition) is 2. The zero-order chi connectivity index (χ0) is 20.8. The predicted molar refractivity (Wildman–Crippen MR) is 112 cm³/mol. The molecule has 10 heteroatoms. The lowest BCUT2D eigenvalue weighted by molar-refractivity contribution is 0.0944. The van der Waals surface area contributed by atoms with Crippen molar-refractivity contribution in [1.82, 2.24) is 19.8 Å². The number of nitrogens with two attached hydrogens (primary N) is 1. The van der Waals surface area contributed by atoms with Crippen molar-refractivity contribution in [2.24, 2.45) is 0 Å². The number of fused-ring (bicyclic) bond motifs is 1. The number of anilines is 1. The highest BCUT2D eigenvalue weighted by molar-refractivity contribution is 7.89. The summed E-state index contributed by atoms with van der Waals surface area (Å²) in [6.07, 6.45) is 0.542. The fraction of sp³-hybridized carbons (Fsp3) is 0.316. The molecule has 3 N–H and O–H groups in total. The van der Waals surface area contributed by atoms with E-state index < -0.39 is 10.0 Å². The van der Waals surface area contributed by atoms with Gasteiger partial charge in [-0.15, -0.1) is 16.4 Å². The van der Waals surface area contributed by atoms with Gasteiger partial charge >= 0.3 is 0 Å². The molecule has 1 amide bonds. The van der Waals surface area contributed by atoms with E-state index in [2.05, 4.69) is 15.5 Å². The molecule has 152 valence electrons.